The maximum Gasteiger partial charge on any atom is 0.216 e. The number of sulfonamides is 1. The molecule has 1 rings (SSSR count). The summed E-state index contributed by atoms with van der Waals surface area (Å²) in [7, 11) is -3.25. The predicted molar refractivity (Wildman–Crippen MR) is 127 cm³/mol. The van der Waals surface area contributed by atoms with Crippen molar-refractivity contribution in [2.24, 2.45) is 4.99 Å². The van der Waals surface area contributed by atoms with Gasteiger partial charge in [0.05, 0.1) is 18.5 Å². The summed E-state index contributed by atoms with van der Waals surface area (Å²) in [6.07, 6.45) is 4.43. The first kappa shape index (κ1) is 27.2. The van der Waals surface area contributed by atoms with Gasteiger partial charge in [-0.25, -0.2) is 8.42 Å². The number of halogens is 1. The molecule has 7 nitrogen and oxygen atoms in total. The van der Waals surface area contributed by atoms with Gasteiger partial charge in [0.2, 0.25) is 10.0 Å². The highest BCUT2D eigenvalue weighted by Crippen LogP contribution is 2.09. The van der Waals surface area contributed by atoms with Crippen LogP contribution in [0.25, 0.3) is 0 Å². The Bertz CT molecular complexity index is 510. The third kappa shape index (κ3) is 11.1. The van der Waals surface area contributed by atoms with E-state index < -0.39 is 10.0 Å². The minimum atomic E-state index is -3.25. The van der Waals surface area contributed by atoms with Gasteiger partial charge in [-0.1, -0.05) is 0 Å². The van der Waals surface area contributed by atoms with Crippen LogP contribution >= 0.6 is 35.7 Å². The Kier molecular flexibility index (Phi) is 15.2. The zero-order chi connectivity index (χ0) is 19.4. The quantitative estimate of drug-likeness (QED) is 0.189. The number of thioether (sulfide) groups is 1. The Morgan fingerprint density at radius 3 is 2.44 bits per heavy atom. The molecule has 0 spiro atoms. The fourth-order valence-electron chi connectivity index (χ4n) is 2.67. The highest BCUT2D eigenvalue weighted by molar-refractivity contribution is 14.0. The molecule has 0 unspecified atom stereocenters. The number of ether oxygens (including phenoxy) is 1. The second-order valence-electron chi connectivity index (χ2n) is 6.56. The van der Waals surface area contributed by atoms with Crippen LogP contribution in [0.2, 0.25) is 0 Å². The molecular weight excluding hydrogens is 499 g/mol. The molecule has 1 heterocycles. The number of unbranched alkanes of at least 4 members (excludes halogenated alkanes) is 1. The number of nitrogens with one attached hydrogen (secondary N) is 1. The molecule has 0 aromatic heterocycles. The van der Waals surface area contributed by atoms with Crippen LogP contribution in [-0.2, 0) is 14.8 Å². The Hall–Kier alpha value is 0.220. The fourth-order valence-corrected chi connectivity index (χ4v) is 4.44. The summed E-state index contributed by atoms with van der Waals surface area (Å²) in [5.41, 5.74) is 0. The molecule has 1 saturated heterocycles. The average molecular weight is 537 g/mol. The molecule has 0 aliphatic carbocycles. The molecule has 1 fully saturated rings. The minimum absolute atomic E-state index is 0. The van der Waals surface area contributed by atoms with E-state index in [0.717, 1.165) is 25.5 Å². The van der Waals surface area contributed by atoms with Gasteiger partial charge in [-0.3, -0.25) is 4.99 Å². The summed E-state index contributed by atoms with van der Waals surface area (Å²) in [6, 6.07) is 0. The van der Waals surface area contributed by atoms with Gasteiger partial charge in [0, 0.05) is 39.3 Å². The lowest BCUT2D eigenvalue weighted by Gasteiger charge is -2.36. The van der Waals surface area contributed by atoms with Crippen LogP contribution in [0.5, 0.6) is 0 Å². The number of piperazine rings is 1. The molecule has 27 heavy (non-hydrogen) atoms. The van der Waals surface area contributed by atoms with Gasteiger partial charge in [-0.2, -0.15) is 16.1 Å². The molecule has 0 bridgehead atoms. The van der Waals surface area contributed by atoms with Crippen LogP contribution in [0.3, 0.4) is 0 Å². The molecule has 1 N–H and O–H groups in total. The minimum Gasteiger partial charge on any atom is -0.378 e. The monoisotopic (exact) mass is 536 g/mol. The molecular formula is C17H37IN4O3S2. The van der Waals surface area contributed by atoms with Gasteiger partial charge in [0.25, 0.3) is 0 Å². The highest BCUT2D eigenvalue weighted by Gasteiger charge is 2.27. The molecule has 0 atom stereocenters. The van der Waals surface area contributed by atoms with E-state index in [9.17, 15) is 8.42 Å². The second-order valence-corrected chi connectivity index (χ2v) is 9.63. The zero-order valence-electron chi connectivity index (χ0n) is 17.1. The SMILES string of the molecule is CCNC(=NCCCCSC)N1CCN(S(=O)(=O)CCOC(C)C)CC1.I. The molecule has 0 saturated carbocycles. The van der Waals surface area contributed by atoms with Gasteiger partial charge >= 0.3 is 0 Å². The third-order valence-electron chi connectivity index (χ3n) is 4.08. The average Bonchev–Trinajstić information content (AvgIpc) is 2.60. The number of hydrogen-bond acceptors (Lipinski definition) is 5. The molecule has 0 aromatic rings. The van der Waals surface area contributed by atoms with Gasteiger partial charge in [0.1, 0.15) is 0 Å². The Balaban J connectivity index is 0.00000676. The van der Waals surface area contributed by atoms with E-state index >= 15 is 0 Å². The van der Waals surface area contributed by atoms with Crippen LogP contribution in [0, 0.1) is 0 Å². The van der Waals surface area contributed by atoms with Crippen molar-refractivity contribution in [1.82, 2.24) is 14.5 Å². The maximum absolute atomic E-state index is 12.4. The van der Waals surface area contributed by atoms with Crippen molar-refractivity contribution >= 4 is 51.7 Å². The third-order valence-corrected chi connectivity index (χ3v) is 6.61. The van der Waals surface area contributed by atoms with E-state index in [1.165, 1.54) is 12.2 Å². The number of aliphatic imine (C=N–C) groups is 1. The molecule has 1 aliphatic rings. The first-order chi connectivity index (χ1) is 12.4. The lowest BCUT2D eigenvalue weighted by molar-refractivity contribution is 0.0904. The summed E-state index contributed by atoms with van der Waals surface area (Å²) in [5.74, 6) is 2.12. The van der Waals surface area contributed by atoms with E-state index in [0.29, 0.717) is 26.2 Å². The molecule has 1 aliphatic heterocycles. The van der Waals surface area contributed by atoms with Crippen molar-refractivity contribution in [2.75, 3.05) is 63.6 Å². The van der Waals surface area contributed by atoms with E-state index in [4.69, 9.17) is 9.73 Å². The number of nitrogens with zero attached hydrogens (tertiary/aromatic N) is 3. The predicted octanol–water partition coefficient (Wildman–Crippen LogP) is 2.09. The van der Waals surface area contributed by atoms with E-state index in [-0.39, 0.29) is 42.4 Å². The van der Waals surface area contributed by atoms with Crippen LogP contribution in [0.15, 0.2) is 4.99 Å². The topological polar surface area (TPSA) is 74.2 Å². The summed E-state index contributed by atoms with van der Waals surface area (Å²) < 4.78 is 31.8. The Labute approximate surface area is 187 Å². The smallest absolute Gasteiger partial charge is 0.216 e. The van der Waals surface area contributed by atoms with Gasteiger partial charge in [-0.15, -0.1) is 24.0 Å². The summed E-state index contributed by atoms with van der Waals surface area (Å²) in [5, 5.41) is 3.33. The van der Waals surface area contributed by atoms with Gasteiger partial charge in [0.15, 0.2) is 5.96 Å². The van der Waals surface area contributed by atoms with Crippen molar-refractivity contribution < 1.29 is 13.2 Å². The van der Waals surface area contributed by atoms with Crippen LogP contribution in [0.4, 0.5) is 0 Å². The molecule has 0 amide bonds. The molecule has 162 valence electrons. The van der Waals surface area contributed by atoms with E-state index in [2.05, 4.69) is 23.4 Å². The lowest BCUT2D eigenvalue weighted by Crippen LogP contribution is -2.54. The molecule has 0 aromatic carbocycles. The number of hydrogen-bond donors (Lipinski definition) is 1. The Morgan fingerprint density at radius 2 is 1.89 bits per heavy atom. The Morgan fingerprint density at radius 1 is 1.22 bits per heavy atom. The standard InChI is InChI=1S/C17H36N4O3S2.HI/c1-5-18-17(19-8-6-7-14-25-4)20-9-11-21(12-10-20)26(22,23)15-13-24-16(2)3;/h16H,5-15H2,1-4H3,(H,18,19);1H. The van der Waals surface area contributed by atoms with Crippen molar-refractivity contribution in [3.8, 4) is 0 Å². The highest BCUT2D eigenvalue weighted by atomic mass is 127. The summed E-state index contributed by atoms with van der Waals surface area (Å²) in [6.45, 7) is 10.1. The lowest BCUT2D eigenvalue weighted by atomic mass is 10.3. The van der Waals surface area contributed by atoms with Crippen molar-refractivity contribution in [3.05, 3.63) is 0 Å². The normalized spacial score (nSPS) is 16.5. The molecule has 10 heteroatoms. The second kappa shape index (κ2) is 15.1. The van der Waals surface area contributed by atoms with Gasteiger partial charge in [-0.05, 0) is 45.6 Å². The van der Waals surface area contributed by atoms with Crippen molar-refractivity contribution in [2.45, 2.75) is 39.7 Å². The van der Waals surface area contributed by atoms with Gasteiger partial charge < -0.3 is 15.0 Å². The van der Waals surface area contributed by atoms with Crippen molar-refractivity contribution in [3.63, 3.8) is 0 Å². The zero-order valence-corrected chi connectivity index (χ0v) is 21.1. The van der Waals surface area contributed by atoms with E-state index in [1.54, 1.807) is 4.31 Å². The van der Waals surface area contributed by atoms with Crippen LogP contribution in [0.1, 0.15) is 33.6 Å². The van der Waals surface area contributed by atoms with Crippen molar-refractivity contribution in [1.29, 1.82) is 0 Å². The maximum atomic E-state index is 12.4. The first-order valence-corrected chi connectivity index (χ1v) is 12.5. The molecule has 0 radical (unpaired) electrons. The van der Waals surface area contributed by atoms with Crippen LogP contribution < -0.4 is 5.32 Å². The summed E-state index contributed by atoms with van der Waals surface area (Å²) >= 11 is 1.86. The first-order valence-electron chi connectivity index (χ1n) is 9.52. The largest absolute Gasteiger partial charge is 0.378 e. The van der Waals surface area contributed by atoms with Crippen LogP contribution in [-0.4, -0.2) is 93.3 Å². The van der Waals surface area contributed by atoms with E-state index in [1.807, 2.05) is 25.6 Å². The number of guanidine groups is 1. The number of rotatable bonds is 11. The summed E-state index contributed by atoms with van der Waals surface area (Å²) in [4.78, 5) is 6.86. The fraction of sp³-hybridized carbons (Fsp3) is 0.941.